The average molecular weight is 373 g/mol. The Labute approximate surface area is 159 Å². The normalized spacial score (nSPS) is 16.9. The first-order valence-corrected chi connectivity index (χ1v) is 9.75. The van der Waals surface area contributed by atoms with E-state index in [4.69, 9.17) is 16.3 Å². The number of aryl methyl sites for hydroxylation is 2. The van der Waals surface area contributed by atoms with Gasteiger partial charge in [0.05, 0.1) is 17.8 Å². The molecule has 1 aliphatic heterocycles. The van der Waals surface area contributed by atoms with Gasteiger partial charge in [-0.05, 0) is 48.9 Å². The summed E-state index contributed by atoms with van der Waals surface area (Å²) in [5.41, 5.74) is 3.67. The quantitative estimate of drug-likeness (QED) is 0.843. The summed E-state index contributed by atoms with van der Waals surface area (Å²) in [5, 5.41) is 13.1. The number of aromatic nitrogens is 2. The third-order valence-corrected chi connectivity index (χ3v) is 5.78. The van der Waals surface area contributed by atoms with Crippen LogP contribution in [0, 0.1) is 5.92 Å². The topological polar surface area (TPSA) is 50.3 Å². The zero-order chi connectivity index (χ0) is 17.9. The van der Waals surface area contributed by atoms with Gasteiger partial charge in [-0.3, -0.25) is 0 Å². The van der Waals surface area contributed by atoms with Gasteiger partial charge in [-0.25, -0.2) is 0 Å². The molecule has 26 heavy (non-hydrogen) atoms. The van der Waals surface area contributed by atoms with Crippen molar-refractivity contribution >= 4 is 17.4 Å². The van der Waals surface area contributed by atoms with Crippen LogP contribution in [0.1, 0.15) is 29.7 Å². The highest BCUT2D eigenvalue weighted by atomic mass is 35.5. The molecule has 0 saturated carbocycles. The van der Waals surface area contributed by atoms with Gasteiger partial charge in [0.15, 0.2) is 5.82 Å². The van der Waals surface area contributed by atoms with E-state index in [1.165, 1.54) is 24.1 Å². The molecular weight excluding hydrogens is 348 g/mol. The first-order chi connectivity index (χ1) is 12.7. The molecule has 2 aromatic rings. The highest BCUT2D eigenvalue weighted by Crippen LogP contribution is 2.28. The van der Waals surface area contributed by atoms with E-state index in [1.807, 2.05) is 18.2 Å². The summed E-state index contributed by atoms with van der Waals surface area (Å²) in [5.74, 6) is 2.40. The molecule has 138 valence electrons. The molecule has 1 aromatic carbocycles. The maximum Gasteiger partial charge on any atom is 0.151 e. The largest absolute Gasteiger partial charge is 0.495 e. The van der Waals surface area contributed by atoms with E-state index in [0.29, 0.717) is 10.9 Å². The number of benzene rings is 1. The summed E-state index contributed by atoms with van der Waals surface area (Å²) in [6.07, 6.45) is 4.76. The van der Waals surface area contributed by atoms with Crippen LogP contribution < -0.4 is 15.0 Å². The fourth-order valence-electron chi connectivity index (χ4n) is 3.78. The van der Waals surface area contributed by atoms with E-state index in [9.17, 15) is 0 Å². The lowest BCUT2D eigenvalue weighted by atomic mass is 9.95. The Morgan fingerprint density at radius 2 is 2.08 bits per heavy atom. The molecule has 1 aromatic heterocycles. The van der Waals surface area contributed by atoms with Crippen LogP contribution in [0.15, 0.2) is 24.3 Å². The van der Waals surface area contributed by atoms with E-state index >= 15 is 0 Å². The number of halogens is 1. The predicted molar refractivity (Wildman–Crippen MR) is 104 cm³/mol. The van der Waals surface area contributed by atoms with Gasteiger partial charge in [0.25, 0.3) is 0 Å². The molecule has 0 radical (unpaired) electrons. The Bertz CT molecular complexity index is 776. The fraction of sp³-hybridized carbons (Fsp3) is 0.500. The van der Waals surface area contributed by atoms with Crippen LogP contribution in [0.3, 0.4) is 0 Å². The van der Waals surface area contributed by atoms with Crippen LogP contribution in [0.25, 0.3) is 0 Å². The van der Waals surface area contributed by atoms with Crippen LogP contribution in [0.4, 0.5) is 5.82 Å². The van der Waals surface area contributed by atoms with Gasteiger partial charge in [-0.2, -0.15) is 5.10 Å². The third kappa shape index (κ3) is 3.64. The van der Waals surface area contributed by atoms with Crippen LogP contribution >= 0.6 is 11.6 Å². The molecule has 0 atom stereocenters. The van der Waals surface area contributed by atoms with Crippen molar-refractivity contribution in [2.75, 3.05) is 31.6 Å². The summed E-state index contributed by atoms with van der Waals surface area (Å²) in [7, 11) is 1.64. The molecule has 4 rings (SSSR count). The molecule has 1 aliphatic carbocycles. The minimum Gasteiger partial charge on any atom is -0.495 e. The number of anilines is 1. The van der Waals surface area contributed by atoms with Gasteiger partial charge in [-0.1, -0.05) is 23.7 Å². The van der Waals surface area contributed by atoms with Crippen molar-refractivity contribution in [3.05, 3.63) is 46.1 Å². The number of hydrogen-bond donors (Lipinski definition) is 1. The van der Waals surface area contributed by atoms with Crippen LogP contribution in [-0.4, -0.2) is 36.9 Å². The third-order valence-electron chi connectivity index (χ3n) is 5.35. The van der Waals surface area contributed by atoms with E-state index in [-0.39, 0.29) is 0 Å². The predicted octanol–water partition coefficient (Wildman–Crippen LogP) is 3.24. The van der Waals surface area contributed by atoms with Gasteiger partial charge in [0.2, 0.25) is 0 Å². The van der Waals surface area contributed by atoms with Gasteiger partial charge < -0.3 is 15.0 Å². The van der Waals surface area contributed by atoms with Crippen molar-refractivity contribution in [1.29, 1.82) is 0 Å². The van der Waals surface area contributed by atoms with Crippen molar-refractivity contribution < 1.29 is 4.74 Å². The molecule has 1 N–H and O–H groups in total. The van der Waals surface area contributed by atoms with Gasteiger partial charge in [-0.15, -0.1) is 5.10 Å². The molecule has 0 unspecified atom stereocenters. The molecule has 5 nitrogen and oxygen atoms in total. The standard InChI is InChI=1S/C20H25ClN4O/c1-26-18-8-4-6-16(20(18)21)11-22-10-14-12-25(13-14)19-9-15-5-2-3-7-17(15)23-24-19/h4,6,8-9,14,22H,2-3,5,7,10-13H2,1H3. The van der Waals surface area contributed by atoms with Crippen LogP contribution in [0.5, 0.6) is 5.75 Å². The molecule has 1 fully saturated rings. The molecule has 0 amide bonds. The lowest BCUT2D eigenvalue weighted by Gasteiger charge is -2.40. The average Bonchev–Trinajstić information content (AvgIpc) is 2.64. The molecule has 6 heteroatoms. The summed E-state index contributed by atoms with van der Waals surface area (Å²) < 4.78 is 5.27. The Hall–Kier alpha value is -1.85. The molecule has 0 spiro atoms. The Balaban J connectivity index is 1.26. The Kier molecular flexibility index (Phi) is 5.27. The number of fused-ring (bicyclic) bond motifs is 1. The molecular formula is C20H25ClN4O. The van der Waals surface area contributed by atoms with E-state index < -0.39 is 0 Å². The smallest absolute Gasteiger partial charge is 0.151 e. The number of rotatable bonds is 6. The lowest BCUT2D eigenvalue weighted by Crippen LogP contribution is -2.51. The zero-order valence-corrected chi connectivity index (χ0v) is 15.9. The minimum absolute atomic E-state index is 0.636. The number of ether oxygens (including phenoxy) is 1. The Morgan fingerprint density at radius 1 is 1.23 bits per heavy atom. The number of nitrogens with one attached hydrogen (secondary N) is 1. The number of methoxy groups -OCH3 is 1. The first-order valence-electron chi connectivity index (χ1n) is 9.37. The first kappa shape index (κ1) is 17.6. The summed E-state index contributed by atoms with van der Waals surface area (Å²) >= 11 is 6.34. The van der Waals surface area contributed by atoms with Crippen molar-refractivity contribution in [3.8, 4) is 5.75 Å². The van der Waals surface area contributed by atoms with E-state index in [0.717, 1.165) is 56.2 Å². The summed E-state index contributed by atoms with van der Waals surface area (Å²) in [6, 6.07) is 8.14. The van der Waals surface area contributed by atoms with E-state index in [1.54, 1.807) is 7.11 Å². The summed E-state index contributed by atoms with van der Waals surface area (Å²) in [4.78, 5) is 2.33. The number of hydrogen-bond acceptors (Lipinski definition) is 5. The second-order valence-corrected chi connectivity index (χ2v) is 7.59. The second kappa shape index (κ2) is 7.80. The van der Waals surface area contributed by atoms with Gasteiger partial charge in [0, 0.05) is 32.1 Å². The SMILES string of the molecule is COc1cccc(CNCC2CN(c3cc4c(nn3)CCCC4)C2)c1Cl. The Morgan fingerprint density at radius 3 is 2.92 bits per heavy atom. The van der Waals surface area contributed by atoms with Crippen molar-refractivity contribution in [2.45, 2.75) is 32.2 Å². The highest BCUT2D eigenvalue weighted by Gasteiger charge is 2.28. The maximum absolute atomic E-state index is 6.34. The molecule has 2 aliphatic rings. The second-order valence-electron chi connectivity index (χ2n) is 7.22. The highest BCUT2D eigenvalue weighted by molar-refractivity contribution is 6.32. The van der Waals surface area contributed by atoms with Crippen molar-refractivity contribution in [2.24, 2.45) is 5.92 Å². The van der Waals surface area contributed by atoms with Crippen LogP contribution in [-0.2, 0) is 19.4 Å². The maximum atomic E-state index is 6.34. The number of nitrogens with zero attached hydrogens (tertiary/aromatic N) is 3. The zero-order valence-electron chi connectivity index (χ0n) is 15.2. The molecule has 1 saturated heterocycles. The van der Waals surface area contributed by atoms with E-state index in [2.05, 4.69) is 26.5 Å². The fourth-order valence-corrected chi connectivity index (χ4v) is 4.05. The van der Waals surface area contributed by atoms with Crippen LogP contribution in [0.2, 0.25) is 5.02 Å². The van der Waals surface area contributed by atoms with Gasteiger partial charge in [0.1, 0.15) is 5.75 Å². The monoisotopic (exact) mass is 372 g/mol. The minimum atomic E-state index is 0.636. The van der Waals surface area contributed by atoms with Crippen molar-refractivity contribution in [1.82, 2.24) is 15.5 Å². The van der Waals surface area contributed by atoms with Crippen molar-refractivity contribution in [3.63, 3.8) is 0 Å². The summed E-state index contributed by atoms with van der Waals surface area (Å²) in [6.45, 7) is 3.80. The molecule has 2 heterocycles. The molecule has 0 bridgehead atoms. The lowest BCUT2D eigenvalue weighted by molar-refractivity contribution is 0.380. The van der Waals surface area contributed by atoms with Gasteiger partial charge >= 0.3 is 0 Å².